The first-order valence-corrected chi connectivity index (χ1v) is 9.57. The minimum Gasteiger partial charge on any atom is -0.460 e. The highest BCUT2D eigenvalue weighted by atomic mass is 127. The Morgan fingerprint density at radius 2 is 1.88 bits per heavy atom. The summed E-state index contributed by atoms with van der Waals surface area (Å²) < 4.78 is 11.7. The fraction of sp³-hybridized carbons (Fsp3) is 0.579. The lowest BCUT2D eigenvalue weighted by atomic mass is 9.75. The average molecular weight is 444 g/mol. The van der Waals surface area contributed by atoms with Gasteiger partial charge in [0, 0.05) is 3.57 Å². The zero-order valence-corrected chi connectivity index (χ0v) is 16.6. The van der Waals surface area contributed by atoms with Gasteiger partial charge in [-0.05, 0) is 77.5 Å². The van der Waals surface area contributed by atoms with Gasteiger partial charge in [0.25, 0.3) is 0 Å². The normalized spacial score (nSPS) is 23.8. The summed E-state index contributed by atoms with van der Waals surface area (Å²) in [7, 11) is 0. The van der Waals surface area contributed by atoms with Gasteiger partial charge in [-0.15, -0.1) is 0 Å². The van der Waals surface area contributed by atoms with Gasteiger partial charge in [-0.1, -0.05) is 27.2 Å². The standard InChI is InChI=1S/C19H25IO4/c1-12(2)16-9-4-13(3)10-17(16)24-18(21)11-23-19(22)14-5-7-15(20)8-6-14/h5-8,12-13,16-17H,4,9-11H2,1-3H3/t13-,16+,17+/m1/s1. The third-order valence-corrected chi connectivity index (χ3v) is 5.36. The number of carbonyl (C=O) groups excluding carboxylic acids is 2. The van der Waals surface area contributed by atoms with Gasteiger partial charge < -0.3 is 9.47 Å². The molecule has 1 aliphatic rings. The molecule has 0 aliphatic heterocycles. The van der Waals surface area contributed by atoms with Crippen LogP contribution in [-0.4, -0.2) is 24.6 Å². The number of benzene rings is 1. The summed E-state index contributed by atoms with van der Waals surface area (Å²) in [6.07, 6.45) is 3.08. The first-order valence-electron chi connectivity index (χ1n) is 8.49. The van der Waals surface area contributed by atoms with Crippen molar-refractivity contribution in [3.8, 4) is 0 Å². The smallest absolute Gasteiger partial charge is 0.344 e. The second-order valence-electron chi connectivity index (χ2n) is 6.94. The molecule has 5 heteroatoms. The van der Waals surface area contributed by atoms with Gasteiger partial charge in [0.05, 0.1) is 5.56 Å². The molecule has 3 atom stereocenters. The number of hydrogen-bond acceptors (Lipinski definition) is 4. The van der Waals surface area contributed by atoms with Crippen LogP contribution in [0.15, 0.2) is 24.3 Å². The van der Waals surface area contributed by atoms with Gasteiger partial charge in [-0.3, -0.25) is 0 Å². The van der Waals surface area contributed by atoms with Crippen LogP contribution in [0.1, 0.15) is 50.4 Å². The molecule has 0 bridgehead atoms. The van der Waals surface area contributed by atoms with E-state index in [2.05, 4.69) is 43.4 Å². The number of ether oxygens (including phenoxy) is 2. The number of esters is 2. The van der Waals surface area contributed by atoms with Gasteiger partial charge in [0.15, 0.2) is 6.61 Å². The second-order valence-corrected chi connectivity index (χ2v) is 8.18. The molecule has 0 heterocycles. The molecule has 1 aliphatic carbocycles. The van der Waals surface area contributed by atoms with Gasteiger partial charge in [-0.25, -0.2) is 9.59 Å². The maximum Gasteiger partial charge on any atom is 0.344 e. The van der Waals surface area contributed by atoms with Gasteiger partial charge >= 0.3 is 11.9 Å². The summed E-state index contributed by atoms with van der Waals surface area (Å²) in [6, 6.07) is 7.03. The average Bonchev–Trinajstić information content (AvgIpc) is 2.53. The van der Waals surface area contributed by atoms with Crippen LogP contribution in [-0.2, 0) is 14.3 Å². The summed E-state index contributed by atoms with van der Waals surface area (Å²) in [6.45, 7) is 6.19. The highest BCUT2D eigenvalue weighted by molar-refractivity contribution is 14.1. The topological polar surface area (TPSA) is 52.6 Å². The van der Waals surface area contributed by atoms with Crippen LogP contribution in [0.4, 0.5) is 0 Å². The molecule has 0 aromatic heterocycles. The summed E-state index contributed by atoms with van der Waals surface area (Å²) in [5, 5.41) is 0. The molecule has 0 unspecified atom stereocenters. The third kappa shape index (κ3) is 5.46. The molecule has 2 rings (SSSR count). The molecule has 1 aromatic rings. The molecule has 1 aromatic carbocycles. The van der Waals surface area contributed by atoms with E-state index in [-0.39, 0.29) is 12.7 Å². The largest absolute Gasteiger partial charge is 0.460 e. The SMILES string of the molecule is CC(C)[C@@H]1CC[C@@H](C)C[C@@H]1OC(=O)COC(=O)c1ccc(I)cc1. The molecule has 4 nitrogen and oxygen atoms in total. The summed E-state index contributed by atoms with van der Waals surface area (Å²) in [5.41, 5.74) is 0.439. The molecule has 0 amide bonds. The lowest BCUT2D eigenvalue weighted by molar-refractivity contribution is -0.159. The monoisotopic (exact) mass is 444 g/mol. The first-order chi connectivity index (χ1) is 11.4. The molecule has 0 radical (unpaired) electrons. The van der Waals surface area contributed by atoms with E-state index in [9.17, 15) is 9.59 Å². The fourth-order valence-electron chi connectivity index (χ4n) is 3.25. The number of rotatable bonds is 5. The van der Waals surface area contributed by atoms with Crippen molar-refractivity contribution in [1.82, 2.24) is 0 Å². The molecule has 24 heavy (non-hydrogen) atoms. The Labute approximate surface area is 157 Å². The number of carbonyl (C=O) groups is 2. The van der Waals surface area contributed by atoms with Crippen molar-refractivity contribution in [3.05, 3.63) is 33.4 Å². The van der Waals surface area contributed by atoms with Gasteiger partial charge in [0.2, 0.25) is 0 Å². The van der Waals surface area contributed by atoms with Crippen LogP contribution < -0.4 is 0 Å². The second kappa shape index (κ2) is 8.83. The summed E-state index contributed by atoms with van der Waals surface area (Å²) >= 11 is 2.16. The first kappa shape index (κ1) is 19.2. The fourth-order valence-corrected chi connectivity index (χ4v) is 3.61. The van der Waals surface area contributed by atoms with E-state index in [1.54, 1.807) is 12.1 Å². The van der Waals surface area contributed by atoms with Crippen molar-refractivity contribution in [3.63, 3.8) is 0 Å². The highest BCUT2D eigenvalue weighted by Crippen LogP contribution is 2.35. The van der Waals surface area contributed by atoms with Crippen molar-refractivity contribution in [2.24, 2.45) is 17.8 Å². The predicted octanol–water partition coefficient (Wildman–Crippen LogP) is 4.45. The minimum atomic E-state index is -0.499. The van der Waals surface area contributed by atoms with Crippen LogP contribution in [0, 0.1) is 21.3 Å². The maximum atomic E-state index is 12.1. The van der Waals surface area contributed by atoms with Crippen LogP contribution in [0.5, 0.6) is 0 Å². The molecule has 132 valence electrons. The Hall–Kier alpha value is -1.11. The molecule has 1 fully saturated rings. The van der Waals surface area contributed by atoms with E-state index in [1.807, 2.05) is 12.1 Å². The predicted molar refractivity (Wildman–Crippen MR) is 101 cm³/mol. The van der Waals surface area contributed by atoms with E-state index in [0.29, 0.717) is 23.3 Å². The van der Waals surface area contributed by atoms with E-state index in [4.69, 9.17) is 9.47 Å². The number of hydrogen-bond donors (Lipinski definition) is 0. The Bertz CT molecular complexity index is 567. The van der Waals surface area contributed by atoms with Gasteiger partial charge in [0.1, 0.15) is 6.10 Å². The van der Waals surface area contributed by atoms with Crippen molar-refractivity contribution < 1.29 is 19.1 Å². The molecule has 1 saturated carbocycles. The molecular weight excluding hydrogens is 419 g/mol. The Morgan fingerprint density at radius 3 is 2.50 bits per heavy atom. The quantitative estimate of drug-likeness (QED) is 0.498. The van der Waals surface area contributed by atoms with Gasteiger partial charge in [-0.2, -0.15) is 0 Å². The molecule has 0 N–H and O–H groups in total. The van der Waals surface area contributed by atoms with Crippen LogP contribution >= 0.6 is 22.6 Å². The Kier molecular flexibility index (Phi) is 7.07. The lowest BCUT2D eigenvalue weighted by Crippen LogP contribution is -2.36. The van der Waals surface area contributed by atoms with Crippen LogP contribution in [0.2, 0.25) is 0 Å². The highest BCUT2D eigenvalue weighted by Gasteiger charge is 2.33. The van der Waals surface area contributed by atoms with Crippen LogP contribution in [0.25, 0.3) is 0 Å². The number of halogens is 1. The summed E-state index contributed by atoms with van der Waals surface area (Å²) in [5.74, 6) is 0.466. The van der Waals surface area contributed by atoms with Crippen LogP contribution in [0.3, 0.4) is 0 Å². The van der Waals surface area contributed by atoms with E-state index in [1.165, 1.54) is 6.42 Å². The van der Waals surface area contributed by atoms with Crippen molar-refractivity contribution >= 4 is 34.5 Å². The van der Waals surface area contributed by atoms with Crippen molar-refractivity contribution in [2.75, 3.05) is 6.61 Å². The minimum absolute atomic E-state index is 0.0711. The van der Waals surface area contributed by atoms with E-state index in [0.717, 1.165) is 16.4 Å². The zero-order chi connectivity index (χ0) is 17.7. The van der Waals surface area contributed by atoms with E-state index >= 15 is 0 Å². The molecule has 0 saturated heterocycles. The maximum absolute atomic E-state index is 12.1. The Morgan fingerprint density at radius 1 is 1.21 bits per heavy atom. The molecular formula is C19H25IO4. The zero-order valence-electron chi connectivity index (χ0n) is 14.5. The lowest BCUT2D eigenvalue weighted by Gasteiger charge is -2.36. The third-order valence-electron chi connectivity index (χ3n) is 4.65. The van der Waals surface area contributed by atoms with Crippen molar-refractivity contribution in [1.29, 1.82) is 0 Å². The Balaban J connectivity index is 1.85. The molecule has 0 spiro atoms. The summed E-state index contributed by atoms with van der Waals surface area (Å²) in [4.78, 5) is 24.0. The van der Waals surface area contributed by atoms with Crippen molar-refractivity contribution in [2.45, 2.75) is 46.1 Å². The van der Waals surface area contributed by atoms with E-state index < -0.39 is 11.9 Å².